The molecule has 0 saturated carbocycles. The Morgan fingerprint density at radius 2 is 1.86 bits per heavy atom. The van der Waals surface area contributed by atoms with Gasteiger partial charge in [0.15, 0.2) is 0 Å². The lowest BCUT2D eigenvalue weighted by atomic mass is 10.0. The highest BCUT2D eigenvalue weighted by Gasteiger charge is 2.13. The molecule has 2 rings (SSSR count). The minimum atomic E-state index is -0.628. The van der Waals surface area contributed by atoms with E-state index in [1.54, 1.807) is 19.2 Å². The zero-order chi connectivity index (χ0) is 15.2. The Bertz CT molecular complexity index is 581. The molecule has 0 spiro atoms. The molecule has 21 heavy (non-hydrogen) atoms. The first kappa shape index (κ1) is 15.4. The van der Waals surface area contributed by atoms with E-state index in [0.717, 1.165) is 16.7 Å². The molecule has 0 saturated heterocycles. The van der Waals surface area contributed by atoms with Crippen LogP contribution in [0.2, 0.25) is 0 Å². The van der Waals surface area contributed by atoms with E-state index < -0.39 is 6.10 Å². The van der Waals surface area contributed by atoms with Gasteiger partial charge in [0.25, 0.3) is 0 Å². The Balaban J connectivity index is 1.94. The third kappa shape index (κ3) is 4.21. The molecule has 0 aliphatic carbocycles. The van der Waals surface area contributed by atoms with Crippen molar-refractivity contribution in [1.82, 2.24) is 5.32 Å². The zero-order valence-electron chi connectivity index (χ0n) is 12.3. The summed E-state index contributed by atoms with van der Waals surface area (Å²) >= 11 is 0. The predicted octanol–water partition coefficient (Wildman–Crippen LogP) is 2.53. The smallest absolute Gasteiger partial charge is 0.124 e. The van der Waals surface area contributed by atoms with Crippen LogP contribution in [0.1, 0.15) is 22.8 Å². The van der Waals surface area contributed by atoms with Crippen molar-refractivity contribution in [3.8, 4) is 11.5 Å². The van der Waals surface area contributed by atoms with Gasteiger partial charge in [-0.2, -0.15) is 0 Å². The second-order valence-electron chi connectivity index (χ2n) is 5.06. The molecule has 0 amide bonds. The van der Waals surface area contributed by atoms with Crippen LogP contribution in [0, 0.1) is 6.92 Å². The van der Waals surface area contributed by atoms with Gasteiger partial charge < -0.3 is 20.3 Å². The van der Waals surface area contributed by atoms with Gasteiger partial charge in [-0.3, -0.25) is 0 Å². The molecule has 1 atom stereocenters. The highest BCUT2D eigenvalue weighted by Crippen LogP contribution is 2.25. The lowest BCUT2D eigenvalue weighted by Crippen LogP contribution is -2.21. The van der Waals surface area contributed by atoms with Crippen LogP contribution in [0.4, 0.5) is 0 Å². The number of hydrogen-bond donors (Lipinski definition) is 3. The number of phenolic OH excluding ortho intramolecular Hbond substituents is 1. The summed E-state index contributed by atoms with van der Waals surface area (Å²) in [5, 5.41) is 22.7. The minimum absolute atomic E-state index is 0.253. The first-order valence-corrected chi connectivity index (χ1v) is 6.91. The lowest BCUT2D eigenvalue weighted by Gasteiger charge is -2.16. The van der Waals surface area contributed by atoms with Crippen molar-refractivity contribution in [2.24, 2.45) is 0 Å². The third-order valence-electron chi connectivity index (χ3n) is 3.35. The SMILES string of the molecule is COc1ccc(C)cc1C(O)CNCc1ccc(O)cc1. The maximum Gasteiger partial charge on any atom is 0.124 e. The maximum absolute atomic E-state index is 10.3. The highest BCUT2D eigenvalue weighted by molar-refractivity contribution is 5.38. The summed E-state index contributed by atoms with van der Waals surface area (Å²) in [7, 11) is 1.60. The number of aliphatic hydroxyl groups excluding tert-OH is 1. The summed E-state index contributed by atoms with van der Waals surface area (Å²) in [5.74, 6) is 0.947. The standard InChI is InChI=1S/C17H21NO3/c1-12-3-8-17(21-2)15(9-12)16(20)11-18-10-13-4-6-14(19)7-5-13/h3-9,16,18-20H,10-11H2,1-2H3. The van der Waals surface area contributed by atoms with Crippen LogP contribution >= 0.6 is 0 Å². The van der Waals surface area contributed by atoms with Crippen molar-refractivity contribution in [2.75, 3.05) is 13.7 Å². The van der Waals surface area contributed by atoms with Crippen LogP contribution in [0.15, 0.2) is 42.5 Å². The largest absolute Gasteiger partial charge is 0.508 e. The Hall–Kier alpha value is -2.04. The van der Waals surface area contributed by atoms with Gasteiger partial charge in [-0.15, -0.1) is 0 Å². The molecule has 0 radical (unpaired) electrons. The van der Waals surface area contributed by atoms with Gasteiger partial charge in [0.05, 0.1) is 13.2 Å². The third-order valence-corrected chi connectivity index (χ3v) is 3.35. The van der Waals surface area contributed by atoms with Crippen molar-refractivity contribution < 1.29 is 14.9 Å². The summed E-state index contributed by atoms with van der Waals surface area (Å²) in [6, 6.07) is 12.8. The number of aromatic hydroxyl groups is 1. The number of ether oxygens (including phenoxy) is 1. The van der Waals surface area contributed by atoms with Gasteiger partial charge in [-0.25, -0.2) is 0 Å². The van der Waals surface area contributed by atoms with E-state index >= 15 is 0 Å². The normalized spacial score (nSPS) is 12.1. The molecule has 0 aliphatic heterocycles. The van der Waals surface area contributed by atoms with Crippen molar-refractivity contribution in [2.45, 2.75) is 19.6 Å². The zero-order valence-corrected chi connectivity index (χ0v) is 12.3. The van der Waals surface area contributed by atoms with E-state index in [2.05, 4.69) is 5.32 Å². The van der Waals surface area contributed by atoms with Gasteiger partial charge in [-0.1, -0.05) is 23.8 Å². The molecule has 3 N–H and O–H groups in total. The van der Waals surface area contributed by atoms with Crippen LogP contribution in [0.5, 0.6) is 11.5 Å². The first-order chi connectivity index (χ1) is 10.1. The molecular formula is C17H21NO3. The fourth-order valence-corrected chi connectivity index (χ4v) is 2.19. The van der Waals surface area contributed by atoms with Crippen LogP contribution in [-0.4, -0.2) is 23.9 Å². The van der Waals surface area contributed by atoms with Gasteiger partial charge in [-0.05, 0) is 36.8 Å². The Morgan fingerprint density at radius 1 is 1.14 bits per heavy atom. The first-order valence-electron chi connectivity index (χ1n) is 6.91. The van der Waals surface area contributed by atoms with Crippen LogP contribution in [0.25, 0.3) is 0 Å². The van der Waals surface area contributed by atoms with E-state index in [0.29, 0.717) is 18.8 Å². The maximum atomic E-state index is 10.3. The molecule has 2 aromatic rings. The molecule has 2 aromatic carbocycles. The lowest BCUT2D eigenvalue weighted by molar-refractivity contribution is 0.170. The number of benzene rings is 2. The van der Waals surface area contributed by atoms with E-state index in [4.69, 9.17) is 4.74 Å². The van der Waals surface area contributed by atoms with Crippen LogP contribution < -0.4 is 10.1 Å². The topological polar surface area (TPSA) is 61.7 Å². The van der Waals surface area contributed by atoms with Gasteiger partial charge >= 0.3 is 0 Å². The van der Waals surface area contributed by atoms with Crippen molar-refractivity contribution in [3.05, 3.63) is 59.2 Å². The number of nitrogens with one attached hydrogen (secondary N) is 1. The van der Waals surface area contributed by atoms with Crippen molar-refractivity contribution in [1.29, 1.82) is 0 Å². The highest BCUT2D eigenvalue weighted by atomic mass is 16.5. The van der Waals surface area contributed by atoms with E-state index in [1.165, 1.54) is 0 Å². The molecule has 4 heteroatoms. The molecule has 0 aliphatic rings. The van der Waals surface area contributed by atoms with Crippen LogP contribution in [-0.2, 0) is 6.54 Å². The van der Waals surface area contributed by atoms with Gasteiger partial charge in [0, 0.05) is 18.7 Å². The van der Waals surface area contributed by atoms with E-state index in [-0.39, 0.29) is 5.75 Å². The summed E-state index contributed by atoms with van der Waals surface area (Å²) in [6.45, 7) is 3.05. The molecule has 4 nitrogen and oxygen atoms in total. The number of aryl methyl sites for hydroxylation is 1. The summed E-state index contributed by atoms with van der Waals surface area (Å²) in [4.78, 5) is 0. The molecule has 1 unspecified atom stereocenters. The molecule has 0 fully saturated rings. The Kier molecular flexibility index (Phi) is 5.20. The fraction of sp³-hybridized carbons (Fsp3) is 0.294. The van der Waals surface area contributed by atoms with Gasteiger partial charge in [0.1, 0.15) is 11.5 Å². The number of rotatable bonds is 6. The molecule has 112 valence electrons. The van der Waals surface area contributed by atoms with E-state index in [9.17, 15) is 10.2 Å². The molecule has 0 heterocycles. The Morgan fingerprint density at radius 3 is 2.52 bits per heavy atom. The van der Waals surface area contributed by atoms with E-state index in [1.807, 2.05) is 37.3 Å². The number of phenols is 1. The minimum Gasteiger partial charge on any atom is -0.508 e. The quantitative estimate of drug-likeness (QED) is 0.764. The second-order valence-corrected chi connectivity index (χ2v) is 5.06. The second kappa shape index (κ2) is 7.11. The van der Waals surface area contributed by atoms with Crippen molar-refractivity contribution in [3.63, 3.8) is 0 Å². The number of hydrogen-bond acceptors (Lipinski definition) is 4. The van der Waals surface area contributed by atoms with Crippen LogP contribution in [0.3, 0.4) is 0 Å². The Labute approximate surface area is 125 Å². The average Bonchev–Trinajstić information content (AvgIpc) is 2.49. The molecule has 0 aromatic heterocycles. The van der Waals surface area contributed by atoms with Crippen molar-refractivity contribution >= 4 is 0 Å². The average molecular weight is 287 g/mol. The number of methoxy groups -OCH3 is 1. The fourth-order valence-electron chi connectivity index (χ4n) is 2.19. The number of aliphatic hydroxyl groups is 1. The summed E-state index contributed by atoms with van der Waals surface area (Å²) in [5.41, 5.74) is 2.93. The predicted molar refractivity (Wildman–Crippen MR) is 82.5 cm³/mol. The van der Waals surface area contributed by atoms with Gasteiger partial charge in [0.2, 0.25) is 0 Å². The molecule has 0 bridgehead atoms. The summed E-state index contributed by atoms with van der Waals surface area (Å²) in [6.07, 6.45) is -0.628. The monoisotopic (exact) mass is 287 g/mol. The molecular weight excluding hydrogens is 266 g/mol. The summed E-state index contributed by atoms with van der Waals surface area (Å²) < 4.78 is 5.28.